The fraction of sp³-hybridized carbons (Fsp3) is 0.316. The third kappa shape index (κ3) is 4.74. The lowest BCUT2D eigenvalue weighted by Gasteiger charge is -2.11. The van der Waals surface area contributed by atoms with Gasteiger partial charge in [-0.2, -0.15) is 4.98 Å². The van der Waals surface area contributed by atoms with Gasteiger partial charge >= 0.3 is 5.69 Å². The number of benzene rings is 1. The van der Waals surface area contributed by atoms with E-state index in [0.29, 0.717) is 12.2 Å². The quantitative estimate of drug-likeness (QED) is 0.294. The van der Waals surface area contributed by atoms with Crippen molar-refractivity contribution in [2.45, 2.75) is 26.1 Å². The van der Waals surface area contributed by atoms with Crippen molar-refractivity contribution < 1.29 is 4.39 Å². The first-order chi connectivity index (χ1) is 13.5. The molecule has 0 amide bonds. The summed E-state index contributed by atoms with van der Waals surface area (Å²) in [5.74, 6) is -0.244. The molecule has 148 valence electrons. The molecule has 0 bridgehead atoms. The summed E-state index contributed by atoms with van der Waals surface area (Å²) >= 11 is 0. The number of hydrogen-bond donors (Lipinski definition) is 5. The second-order valence-electron chi connectivity index (χ2n) is 6.53. The molecule has 2 heterocycles. The van der Waals surface area contributed by atoms with Crippen LogP contribution in [0.3, 0.4) is 0 Å². The zero-order valence-electron chi connectivity index (χ0n) is 15.6. The Balaban J connectivity index is 1.64. The molecule has 6 N–H and O–H groups in total. The van der Waals surface area contributed by atoms with E-state index in [1.165, 1.54) is 4.57 Å². The van der Waals surface area contributed by atoms with E-state index in [1.54, 1.807) is 6.20 Å². The average Bonchev–Trinajstić information content (AvgIpc) is 3.08. The zero-order valence-corrected chi connectivity index (χ0v) is 15.6. The van der Waals surface area contributed by atoms with Crippen molar-refractivity contribution in [3.8, 4) is 5.69 Å². The normalized spacial score (nSPS) is 12.2. The first-order valence-electron chi connectivity index (χ1n) is 9.09. The molecular weight excluding hydrogens is 361 g/mol. The molecular formula is C19H24FN7O. The highest BCUT2D eigenvalue weighted by Crippen LogP contribution is 2.14. The van der Waals surface area contributed by atoms with Gasteiger partial charge < -0.3 is 21.4 Å². The number of halogens is 1. The molecule has 28 heavy (non-hydrogen) atoms. The van der Waals surface area contributed by atoms with Crippen LogP contribution in [0.25, 0.3) is 16.7 Å². The number of nitrogens with one attached hydrogen (secondary N) is 4. The van der Waals surface area contributed by atoms with Crippen molar-refractivity contribution >= 4 is 17.0 Å². The highest BCUT2D eigenvalue weighted by atomic mass is 19.1. The van der Waals surface area contributed by atoms with E-state index in [1.807, 2.05) is 37.3 Å². The van der Waals surface area contributed by atoms with Gasteiger partial charge in [0.1, 0.15) is 11.8 Å². The van der Waals surface area contributed by atoms with E-state index >= 15 is 0 Å². The van der Waals surface area contributed by atoms with Gasteiger partial charge in [-0.25, -0.2) is 9.18 Å². The fourth-order valence-corrected chi connectivity index (χ4v) is 2.87. The maximum absolute atomic E-state index is 13.6. The molecule has 8 nitrogen and oxygen atoms in total. The number of nitrogens with zero attached hydrogens (tertiary/aromatic N) is 2. The van der Waals surface area contributed by atoms with Crippen LogP contribution in [-0.2, 0) is 13.0 Å². The van der Waals surface area contributed by atoms with Crippen LogP contribution >= 0.6 is 0 Å². The molecule has 0 fully saturated rings. The maximum Gasteiger partial charge on any atom is 0.354 e. The summed E-state index contributed by atoms with van der Waals surface area (Å²) in [7, 11) is 0. The Morgan fingerprint density at radius 2 is 2.11 bits per heavy atom. The number of nitrogens with two attached hydrogens (primary N) is 1. The van der Waals surface area contributed by atoms with E-state index in [9.17, 15) is 9.18 Å². The number of aromatic nitrogens is 3. The van der Waals surface area contributed by atoms with Crippen molar-refractivity contribution in [1.29, 1.82) is 5.41 Å². The van der Waals surface area contributed by atoms with Crippen LogP contribution in [0.15, 0.2) is 41.3 Å². The van der Waals surface area contributed by atoms with Gasteiger partial charge in [-0.05, 0) is 30.2 Å². The number of hydrogen-bond acceptors (Lipinski definition) is 4. The number of aryl methyl sites for hydroxylation is 1. The summed E-state index contributed by atoms with van der Waals surface area (Å²) in [5.41, 5.74) is 8.09. The van der Waals surface area contributed by atoms with E-state index in [4.69, 9.17) is 11.1 Å². The molecule has 1 aromatic carbocycles. The molecule has 0 saturated heterocycles. The molecule has 3 rings (SSSR count). The Kier molecular flexibility index (Phi) is 6.05. The minimum atomic E-state index is -1.14. The first-order valence-corrected chi connectivity index (χ1v) is 9.09. The van der Waals surface area contributed by atoms with Gasteiger partial charge in [0.05, 0.1) is 12.2 Å². The Bertz CT molecular complexity index is 1010. The molecule has 0 radical (unpaired) electrons. The monoisotopic (exact) mass is 385 g/mol. The standard InChI is InChI=1S/C19H24FN7O/c1-2-15-7-13-11-27(19(28)26-17(13)25-15)16-5-3-12(4-6-16)8-23-9-14(20)10-24-18(21)22/h3-7,11,14,23H,2,8-10H2,1H3,(H4,21,22,24)(H,25,26,28)/t14-/m0/s1. The Hall–Kier alpha value is -3.20. The van der Waals surface area contributed by atoms with Crippen LogP contribution < -0.4 is 22.1 Å². The third-order valence-corrected chi connectivity index (χ3v) is 4.37. The van der Waals surface area contributed by atoms with Crippen LogP contribution in [0.2, 0.25) is 0 Å². The molecule has 0 spiro atoms. The van der Waals surface area contributed by atoms with Crippen molar-refractivity contribution in [2.24, 2.45) is 5.73 Å². The summed E-state index contributed by atoms with van der Waals surface area (Å²) < 4.78 is 15.1. The smallest absolute Gasteiger partial charge is 0.354 e. The number of rotatable bonds is 8. The lowest BCUT2D eigenvalue weighted by atomic mass is 10.2. The predicted octanol–water partition coefficient (Wildman–Crippen LogP) is 1.19. The molecule has 3 aromatic rings. The Morgan fingerprint density at radius 1 is 1.36 bits per heavy atom. The molecule has 0 unspecified atom stereocenters. The van der Waals surface area contributed by atoms with Crippen molar-refractivity contribution in [2.75, 3.05) is 13.1 Å². The molecule has 0 aliphatic rings. The van der Waals surface area contributed by atoms with Gasteiger partial charge in [-0.1, -0.05) is 19.1 Å². The van der Waals surface area contributed by atoms with E-state index in [0.717, 1.165) is 28.8 Å². The lowest BCUT2D eigenvalue weighted by Crippen LogP contribution is -2.38. The summed E-state index contributed by atoms with van der Waals surface area (Å²) in [6, 6.07) is 9.43. The second kappa shape index (κ2) is 8.66. The predicted molar refractivity (Wildman–Crippen MR) is 108 cm³/mol. The molecule has 0 saturated carbocycles. The van der Waals surface area contributed by atoms with E-state index in [2.05, 4.69) is 20.6 Å². The van der Waals surface area contributed by atoms with E-state index in [-0.39, 0.29) is 24.7 Å². The molecule has 0 aliphatic carbocycles. The minimum absolute atomic E-state index is 0.00142. The number of fused-ring (bicyclic) bond motifs is 1. The van der Waals surface area contributed by atoms with Gasteiger partial charge in [-0.3, -0.25) is 9.98 Å². The molecule has 2 aromatic heterocycles. The minimum Gasteiger partial charge on any atom is -0.370 e. The Morgan fingerprint density at radius 3 is 2.79 bits per heavy atom. The summed E-state index contributed by atoms with van der Waals surface area (Å²) in [5, 5.41) is 13.4. The number of guanidine groups is 1. The highest BCUT2D eigenvalue weighted by molar-refractivity contribution is 5.75. The zero-order chi connectivity index (χ0) is 20.1. The molecule has 9 heteroatoms. The van der Waals surface area contributed by atoms with Gasteiger partial charge in [0.2, 0.25) is 0 Å². The second-order valence-corrected chi connectivity index (χ2v) is 6.53. The average molecular weight is 385 g/mol. The topological polar surface area (TPSA) is 125 Å². The van der Waals surface area contributed by atoms with Crippen molar-refractivity contribution in [3.63, 3.8) is 0 Å². The molecule has 0 aliphatic heterocycles. The van der Waals surface area contributed by atoms with Crippen molar-refractivity contribution in [1.82, 2.24) is 25.2 Å². The van der Waals surface area contributed by atoms with E-state index < -0.39 is 6.17 Å². The maximum atomic E-state index is 13.6. The summed E-state index contributed by atoms with van der Waals surface area (Å²) in [6.45, 7) is 2.67. The van der Waals surface area contributed by atoms with Gasteiger partial charge in [0.25, 0.3) is 0 Å². The highest BCUT2D eigenvalue weighted by Gasteiger charge is 2.08. The fourth-order valence-electron chi connectivity index (χ4n) is 2.87. The van der Waals surface area contributed by atoms with Crippen LogP contribution in [-0.4, -0.2) is 39.8 Å². The largest absolute Gasteiger partial charge is 0.370 e. The summed E-state index contributed by atoms with van der Waals surface area (Å²) in [4.78, 5) is 19.6. The van der Waals surface area contributed by atoms with Crippen LogP contribution in [0, 0.1) is 5.41 Å². The van der Waals surface area contributed by atoms with Gasteiger partial charge in [0.15, 0.2) is 5.96 Å². The lowest BCUT2D eigenvalue weighted by molar-refractivity contribution is 0.317. The van der Waals surface area contributed by atoms with Crippen LogP contribution in [0.1, 0.15) is 18.2 Å². The third-order valence-electron chi connectivity index (χ3n) is 4.37. The number of alkyl halides is 1. The van der Waals surface area contributed by atoms with Gasteiger partial charge in [0, 0.05) is 30.4 Å². The van der Waals surface area contributed by atoms with Crippen LogP contribution in [0.4, 0.5) is 4.39 Å². The molecule has 1 atom stereocenters. The van der Waals surface area contributed by atoms with Gasteiger partial charge in [-0.15, -0.1) is 0 Å². The number of aromatic amines is 1. The summed E-state index contributed by atoms with van der Waals surface area (Å²) in [6.07, 6.45) is 1.48. The first kappa shape index (κ1) is 19.6. The van der Waals surface area contributed by atoms with Crippen LogP contribution in [0.5, 0.6) is 0 Å². The Labute approximate surface area is 161 Å². The SMILES string of the molecule is CCc1cc2cn(-c3ccc(CNC[C@H](F)CNC(=N)N)cc3)c(=O)nc2[nH]1. The number of H-pyrrole nitrogens is 1. The van der Waals surface area contributed by atoms with Crippen molar-refractivity contribution in [3.05, 3.63) is 58.3 Å².